The molecule has 0 atom stereocenters. The summed E-state index contributed by atoms with van der Waals surface area (Å²) in [7, 11) is -3.98. The molecule has 0 fully saturated rings. The highest BCUT2D eigenvalue weighted by atomic mass is 32.2. The average Bonchev–Trinajstić information content (AvgIpc) is 2.24. The van der Waals surface area contributed by atoms with Crippen molar-refractivity contribution in [3.05, 3.63) is 35.9 Å². The van der Waals surface area contributed by atoms with Gasteiger partial charge in [0, 0.05) is 0 Å². The Morgan fingerprint density at radius 3 is 2.44 bits per heavy atom. The van der Waals surface area contributed by atoms with Gasteiger partial charge >= 0.3 is 5.97 Å². The lowest BCUT2D eigenvalue weighted by molar-refractivity contribution is 0.0505. The van der Waals surface area contributed by atoms with Gasteiger partial charge in [0.1, 0.15) is 0 Å². The Labute approximate surface area is 93.8 Å². The number of ether oxygens (including phenoxy) is 1. The lowest BCUT2D eigenvalue weighted by Crippen LogP contribution is -2.11. The molecule has 1 aromatic carbocycles. The van der Waals surface area contributed by atoms with Crippen LogP contribution in [0.5, 0.6) is 0 Å². The molecule has 0 saturated heterocycles. The fourth-order valence-corrected chi connectivity index (χ4v) is 1.55. The SMILES string of the molecule is O=C(OCCCS(=O)(=O)O)c1ccccc1. The molecule has 0 aliphatic carbocycles. The van der Waals surface area contributed by atoms with E-state index in [4.69, 9.17) is 9.29 Å². The van der Waals surface area contributed by atoms with Crippen molar-refractivity contribution in [1.29, 1.82) is 0 Å². The molecule has 0 aliphatic heterocycles. The zero-order valence-corrected chi connectivity index (χ0v) is 9.31. The lowest BCUT2D eigenvalue weighted by Gasteiger charge is -2.03. The molecule has 0 amide bonds. The van der Waals surface area contributed by atoms with Crippen molar-refractivity contribution in [2.24, 2.45) is 0 Å². The number of rotatable bonds is 5. The zero-order valence-electron chi connectivity index (χ0n) is 8.50. The minimum absolute atomic E-state index is 0.0342. The highest BCUT2D eigenvalue weighted by molar-refractivity contribution is 7.85. The molecular weight excluding hydrogens is 232 g/mol. The number of carbonyl (C=O) groups is 1. The lowest BCUT2D eigenvalue weighted by atomic mass is 10.2. The van der Waals surface area contributed by atoms with Gasteiger partial charge in [0.05, 0.1) is 17.9 Å². The third-order valence-electron chi connectivity index (χ3n) is 1.79. The Morgan fingerprint density at radius 2 is 1.88 bits per heavy atom. The van der Waals surface area contributed by atoms with Crippen molar-refractivity contribution in [2.45, 2.75) is 6.42 Å². The Hall–Kier alpha value is -1.40. The summed E-state index contributed by atoms with van der Waals surface area (Å²) in [5, 5.41) is 0. The van der Waals surface area contributed by atoms with Crippen molar-refractivity contribution in [3.8, 4) is 0 Å². The molecule has 0 aromatic heterocycles. The third kappa shape index (κ3) is 4.90. The van der Waals surface area contributed by atoms with Gasteiger partial charge in [0.25, 0.3) is 10.1 Å². The maximum Gasteiger partial charge on any atom is 0.338 e. The van der Waals surface area contributed by atoms with Crippen molar-refractivity contribution >= 4 is 16.1 Å². The predicted octanol–water partition coefficient (Wildman–Crippen LogP) is 1.12. The molecule has 0 saturated carbocycles. The monoisotopic (exact) mass is 244 g/mol. The first kappa shape index (κ1) is 12.7. The van der Waals surface area contributed by atoms with Crippen molar-refractivity contribution in [3.63, 3.8) is 0 Å². The van der Waals surface area contributed by atoms with Gasteiger partial charge in [-0.25, -0.2) is 4.79 Å². The van der Waals surface area contributed by atoms with E-state index in [2.05, 4.69) is 0 Å². The summed E-state index contributed by atoms with van der Waals surface area (Å²) >= 11 is 0. The summed E-state index contributed by atoms with van der Waals surface area (Å²) < 4.78 is 34.0. The normalized spacial score (nSPS) is 11.1. The van der Waals surface area contributed by atoms with Gasteiger partial charge in [-0.2, -0.15) is 8.42 Å². The molecule has 0 aliphatic rings. The molecule has 0 spiro atoms. The van der Waals surface area contributed by atoms with Gasteiger partial charge in [0.15, 0.2) is 0 Å². The molecule has 1 rings (SSSR count). The summed E-state index contributed by atoms with van der Waals surface area (Å²) in [5.41, 5.74) is 0.411. The van der Waals surface area contributed by atoms with Gasteiger partial charge in [-0.3, -0.25) is 4.55 Å². The van der Waals surface area contributed by atoms with Crippen LogP contribution < -0.4 is 0 Å². The second-order valence-corrected chi connectivity index (χ2v) is 4.71. The number of esters is 1. The summed E-state index contributed by atoms with van der Waals surface area (Å²) in [6.07, 6.45) is 0.0808. The van der Waals surface area contributed by atoms with E-state index in [1.807, 2.05) is 0 Å². The summed E-state index contributed by atoms with van der Waals surface area (Å²) in [6, 6.07) is 8.38. The van der Waals surface area contributed by atoms with Crippen LogP contribution in [0.1, 0.15) is 16.8 Å². The molecule has 0 heterocycles. The summed E-state index contributed by atoms with van der Waals surface area (Å²) in [5.74, 6) is -0.911. The van der Waals surface area contributed by atoms with E-state index in [0.29, 0.717) is 5.56 Å². The molecule has 0 radical (unpaired) electrons. The molecular formula is C10H12O5S. The van der Waals surface area contributed by atoms with E-state index < -0.39 is 21.8 Å². The number of hydrogen-bond donors (Lipinski definition) is 1. The highest BCUT2D eigenvalue weighted by Gasteiger charge is 2.07. The minimum atomic E-state index is -3.98. The van der Waals surface area contributed by atoms with Gasteiger partial charge in [-0.05, 0) is 18.6 Å². The molecule has 1 aromatic rings. The van der Waals surface area contributed by atoms with Gasteiger partial charge < -0.3 is 4.74 Å². The number of hydrogen-bond acceptors (Lipinski definition) is 4. The Balaban J connectivity index is 2.32. The van der Waals surface area contributed by atoms with Crippen LogP contribution in [0.4, 0.5) is 0 Å². The van der Waals surface area contributed by atoms with Crippen molar-refractivity contribution in [1.82, 2.24) is 0 Å². The second kappa shape index (κ2) is 5.62. The van der Waals surface area contributed by atoms with E-state index in [0.717, 1.165) is 0 Å². The molecule has 16 heavy (non-hydrogen) atoms. The fraction of sp³-hybridized carbons (Fsp3) is 0.300. The molecule has 5 nitrogen and oxygen atoms in total. The van der Waals surface area contributed by atoms with Crippen LogP contribution in [0, 0.1) is 0 Å². The summed E-state index contributed by atoms with van der Waals surface area (Å²) in [4.78, 5) is 11.3. The molecule has 88 valence electrons. The van der Waals surface area contributed by atoms with Gasteiger partial charge in [-0.15, -0.1) is 0 Å². The van der Waals surface area contributed by atoms with Crippen molar-refractivity contribution < 1.29 is 22.5 Å². The largest absolute Gasteiger partial charge is 0.462 e. The first-order valence-corrected chi connectivity index (χ1v) is 6.27. The molecule has 6 heteroatoms. The van der Waals surface area contributed by atoms with Crippen LogP contribution in [0.15, 0.2) is 30.3 Å². The number of benzene rings is 1. The van der Waals surface area contributed by atoms with E-state index >= 15 is 0 Å². The van der Waals surface area contributed by atoms with Gasteiger partial charge in [0.2, 0.25) is 0 Å². The number of carbonyl (C=O) groups excluding carboxylic acids is 1. The predicted molar refractivity (Wildman–Crippen MR) is 57.8 cm³/mol. The van der Waals surface area contributed by atoms with Crippen molar-refractivity contribution in [2.75, 3.05) is 12.4 Å². The van der Waals surface area contributed by atoms with E-state index in [1.165, 1.54) is 0 Å². The minimum Gasteiger partial charge on any atom is -0.462 e. The smallest absolute Gasteiger partial charge is 0.338 e. The van der Waals surface area contributed by atoms with Crippen LogP contribution in [-0.4, -0.2) is 31.3 Å². The van der Waals surface area contributed by atoms with Crippen LogP contribution in [0.2, 0.25) is 0 Å². The maximum absolute atomic E-state index is 11.3. The van der Waals surface area contributed by atoms with Crippen LogP contribution in [0.3, 0.4) is 0 Å². The Bertz CT molecular complexity index is 438. The maximum atomic E-state index is 11.3. The first-order valence-electron chi connectivity index (χ1n) is 4.66. The topological polar surface area (TPSA) is 80.7 Å². The van der Waals surface area contributed by atoms with Gasteiger partial charge in [-0.1, -0.05) is 18.2 Å². The van der Waals surface area contributed by atoms with E-state index in [9.17, 15) is 13.2 Å². The van der Waals surface area contributed by atoms with E-state index in [1.54, 1.807) is 30.3 Å². The molecule has 1 N–H and O–H groups in total. The highest BCUT2D eigenvalue weighted by Crippen LogP contribution is 2.01. The summed E-state index contributed by atoms with van der Waals surface area (Å²) in [6.45, 7) is -0.0342. The zero-order chi connectivity index (χ0) is 12.0. The fourth-order valence-electron chi connectivity index (χ4n) is 1.06. The van der Waals surface area contributed by atoms with Crippen LogP contribution >= 0.6 is 0 Å². The Morgan fingerprint density at radius 1 is 1.25 bits per heavy atom. The third-order valence-corrected chi connectivity index (χ3v) is 2.59. The molecule has 0 bridgehead atoms. The van der Waals surface area contributed by atoms with Crippen LogP contribution in [-0.2, 0) is 14.9 Å². The van der Waals surface area contributed by atoms with E-state index in [-0.39, 0.29) is 13.0 Å². The first-order chi connectivity index (χ1) is 7.49. The average molecular weight is 244 g/mol. The van der Waals surface area contributed by atoms with Crippen LogP contribution in [0.25, 0.3) is 0 Å². The Kier molecular flexibility index (Phi) is 4.45. The standard InChI is InChI=1S/C10H12O5S/c11-10(9-5-2-1-3-6-9)15-7-4-8-16(12,13)14/h1-3,5-6H,4,7-8H2,(H,12,13,14). The molecule has 0 unspecified atom stereocenters. The second-order valence-electron chi connectivity index (χ2n) is 3.14. The quantitative estimate of drug-likeness (QED) is 0.477.